The third kappa shape index (κ3) is 3.50. The summed E-state index contributed by atoms with van der Waals surface area (Å²) in [6.07, 6.45) is 0. The van der Waals surface area contributed by atoms with Crippen LogP contribution < -0.4 is 0 Å². The number of hydrogen-bond acceptors (Lipinski definition) is 4. The molecular weight excluding hydrogens is 296 g/mol. The average Bonchev–Trinajstić information content (AvgIpc) is 2.45. The van der Waals surface area contributed by atoms with Gasteiger partial charge in [0.05, 0.1) is 21.5 Å². The van der Waals surface area contributed by atoms with Crippen LogP contribution >= 0.6 is 23.4 Å². The topological polar surface area (TPSA) is 66.9 Å². The number of nitrogens with zero attached hydrogens (tertiary/aromatic N) is 2. The summed E-state index contributed by atoms with van der Waals surface area (Å²) < 4.78 is 0. The smallest absolute Gasteiger partial charge is 0.258 e. The van der Waals surface area contributed by atoms with Gasteiger partial charge in [0.2, 0.25) is 0 Å². The number of hydrogen-bond donors (Lipinski definition) is 0. The molecule has 2 aromatic carbocycles. The molecule has 0 N–H and O–H groups in total. The maximum Gasteiger partial charge on any atom is 0.284 e. The normalized spacial score (nSPS) is 10.0. The molecule has 0 aliphatic heterocycles. The zero-order chi connectivity index (χ0) is 14.5. The zero-order valence-corrected chi connectivity index (χ0v) is 11.8. The first-order valence-electron chi connectivity index (χ1n) is 5.66. The lowest BCUT2D eigenvalue weighted by Gasteiger charge is -2.04. The Labute approximate surface area is 125 Å². The molecular formula is C14H9ClN2O2S. The summed E-state index contributed by atoms with van der Waals surface area (Å²) in [7, 11) is 0. The maximum atomic E-state index is 11.0. The summed E-state index contributed by atoms with van der Waals surface area (Å²) in [5.74, 6) is 0.577. The van der Waals surface area contributed by atoms with Crippen molar-refractivity contribution in [2.75, 3.05) is 0 Å². The summed E-state index contributed by atoms with van der Waals surface area (Å²) in [4.78, 5) is 11.1. The van der Waals surface area contributed by atoms with E-state index < -0.39 is 4.92 Å². The molecule has 100 valence electrons. The standard InChI is InChI=1S/C14H9ClN2O2S/c15-12-3-1-2-11(6-12)9-20-14-5-4-10(8-16)7-13(14)17(18)19/h1-7H,9H2. The third-order valence-corrected chi connectivity index (χ3v) is 3.94. The summed E-state index contributed by atoms with van der Waals surface area (Å²) in [6, 6.07) is 13.7. The van der Waals surface area contributed by atoms with Crippen molar-refractivity contribution in [3.05, 3.63) is 68.7 Å². The Hall–Kier alpha value is -2.03. The fraction of sp³-hybridized carbons (Fsp3) is 0.0714. The Morgan fingerprint density at radius 2 is 2.10 bits per heavy atom. The van der Waals surface area contributed by atoms with Gasteiger partial charge in [-0.1, -0.05) is 23.7 Å². The Morgan fingerprint density at radius 1 is 1.30 bits per heavy atom. The van der Waals surface area contributed by atoms with E-state index in [1.165, 1.54) is 17.8 Å². The van der Waals surface area contributed by atoms with Crippen LogP contribution in [0.5, 0.6) is 0 Å². The van der Waals surface area contributed by atoms with Crippen molar-refractivity contribution >= 4 is 29.1 Å². The van der Waals surface area contributed by atoms with E-state index in [-0.39, 0.29) is 11.3 Å². The molecule has 0 fully saturated rings. The first-order valence-corrected chi connectivity index (χ1v) is 7.02. The maximum absolute atomic E-state index is 11.0. The first-order chi connectivity index (χ1) is 9.60. The zero-order valence-electron chi connectivity index (χ0n) is 10.2. The van der Waals surface area contributed by atoms with Crippen LogP contribution in [0.4, 0.5) is 5.69 Å². The van der Waals surface area contributed by atoms with Crippen LogP contribution in [0.25, 0.3) is 0 Å². The number of nitro groups is 1. The van der Waals surface area contributed by atoms with Crippen molar-refractivity contribution in [3.8, 4) is 6.07 Å². The second kappa shape index (κ2) is 6.42. The van der Waals surface area contributed by atoms with Crippen LogP contribution in [0, 0.1) is 21.4 Å². The van der Waals surface area contributed by atoms with Crippen LogP contribution in [-0.2, 0) is 5.75 Å². The molecule has 0 radical (unpaired) electrons. The average molecular weight is 305 g/mol. The molecule has 0 aliphatic carbocycles. The molecule has 20 heavy (non-hydrogen) atoms. The van der Waals surface area contributed by atoms with E-state index in [0.717, 1.165) is 5.56 Å². The molecule has 2 rings (SSSR count). The number of nitriles is 1. The predicted octanol–water partition coefficient (Wildman–Crippen LogP) is 4.41. The highest BCUT2D eigenvalue weighted by molar-refractivity contribution is 7.98. The van der Waals surface area contributed by atoms with Crippen LogP contribution in [0.3, 0.4) is 0 Å². The summed E-state index contributed by atoms with van der Waals surface area (Å²) in [5.41, 5.74) is 1.22. The number of halogens is 1. The van der Waals surface area contributed by atoms with Gasteiger partial charge >= 0.3 is 0 Å². The quantitative estimate of drug-likeness (QED) is 0.476. The van der Waals surface area contributed by atoms with E-state index in [4.69, 9.17) is 16.9 Å². The fourth-order valence-electron chi connectivity index (χ4n) is 1.64. The first kappa shape index (κ1) is 14.4. The van der Waals surface area contributed by atoms with Crippen molar-refractivity contribution < 1.29 is 4.92 Å². The molecule has 2 aromatic rings. The van der Waals surface area contributed by atoms with Gasteiger partial charge in [-0.25, -0.2) is 0 Å². The summed E-state index contributed by atoms with van der Waals surface area (Å²) in [5, 5.41) is 20.4. The Morgan fingerprint density at radius 3 is 2.75 bits per heavy atom. The predicted molar refractivity (Wildman–Crippen MR) is 78.8 cm³/mol. The Kier molecular flexibility index (Phi) is 4.61. The van der Waals surface area contributed by atoms with Crippen molar-refractivity contribution in [1.29, 1.82) is 5.26 Å². The Bertz CT molecular complexity index is 698. The van der Waals surface area contributed by atoms with Crippen molar-refractivity contribution in [2.45, 2.75) is 10.6 Å². The number of rotatable bonds is 4. The second-order valence-corrected chi connectivity index (χ2v) is 5.42. The molecule has 0 aromatic heterocycles. The highest BCUT2D eigenvalue weighted by Gasteiger charge is 2.15. The highest BCUT2D eigenvalue weighted by Crippen LogP contribution is 2.32. The van der Waals surface area contributed by atoms with Gasteiger partial charge in [0.25, 0.3) is 5.69 Å². The Balaban J connectivity index is 2.21. The van der Waals surface area contributed by atoms with E-state index >= 15 is 0 Å². The SMILES string of the molecule is N#Cc1ccc(SCc2cccc(Cl)c2)c([N+](=O)[O-])c1. The van der Waals surface area contributed by atoms with Gasteiger partial charge in [0.15, 0.2) is 0 Å². The van der Waals surface area contributed by atoms with Gasteiger partial charge in [-0.15, -0.1) is 11.8 Å². The minimum absolute atomic E-state index is 0.0453. The largest absolute Gasteiger partial charge is 0.284 e. The van der Waals surface area contributed by atoms with E-state index in [9.17, 15) is 10.1 Å². The van der Waals surface area contributed by atoms with E-state index in [1.54, 1.807) is 18.2 Å². The van der Waals surface area contributed by atoms with Gasteiger partial charge < -0.3 is 0 Å². The van der Waals surface area contributed by atoms with Crippen molar-refractivity contribution in [3.63, 3.8) is 0 Å². The summed E-state index contributed by atoms with van der Waals surface area (Å²) >= 11 is 7.24. The van der Waals surface area contributed by atoms with Crippen molar-refractivity contribution in [1.82, 2.24) is 0 Å². The lowest BCUT2D eigenvalue weighted by molar-refractivity contribution is -0.387. The number of thioether (sulfide) groups is 1. The third-order valence-electron chi connectivity index (χ3n) is 2.57. The lowest BCUT2D eigenvalue weighted by atomic mass is 10.2. The molecule has 6 heteroatoms. The second-order valence-electron chi connectivity index (χ2n) is 3.97. The van der Waals surface area contributed by atoms with Gasteiger partial charge in [-0.3, -0.25) is 10.1 Å². The van der Waals surface area contributed by atoms with E-state index in [2.05, 4.69) is 0 Å². The van der Waals surface area contributed by atoms with Gasteiger partial charge in [0.1, 0.15) is 0 Å². The number of nitro benzene ring substituents is 1. The van der Waals surface area contributed by atoms with Gasteiger partial charge in [-0.2, -0.15) is 5.26 Å². The molecule has 0 saturated heterocycles. The van der Waals surface area contributed by atoms with E-state index in [1.807, 2.05) is 24.3 Å². The molecule has 0 amide bonds. The lowest BCUT2D eigenvalue weighted by Crippen LogP contribution is -1.92. The minimum Gasteiger partial charge on any atom is -0.258 e. The summed E-state index contributed by atoms with van der Waals surface area (Å²) in [6.45, 7) is 0. The van der Waals surface area contributed by atoms with Crippen molar-refractivity contribution in [2.24, 2.45) is 0 Å². The molecule has 0 bridgehead atoms. The molecule has 0 atom stereocenters. The number of benzene rings is 2. The van der Waals surface area contributed by atoms with Crippen LogP contribution in [0.15, 0.2) is 47.4 Å². The molecule has 0 saturated carbocycles. The van der Waals surface area contributed by atoms with E-state index in [0.29, 0.717) is 15.7 Å². The molecule has 0 heterocycles. The minimum atomic E-state index is -0.471. The van der Waals surface area contributed by atoms with Crippen LogP contribution in [0.1, 0.15) is 11.1 Å². The molecule has 0 aliphatic rings. The van der Waals surface area contributed by atoms with Crippen LogP contribution in [-0.4, -0.2) is 4.92 Å². The molecule has 0 unspecified atom stereocenters. The highest BCUT2D eigenvalue weighted by atomic mass is 35.5. The van der Waals surface area contributed by atoms with Gasteiger partial charge in [-0.05, 0) is 29.8 Å². The van der Waals surface area contributed by atoms with Gasteiger partial charge in [0, 0.05) is 16.8 Å². The van der Waals surface area contributed by atoms with Crippen LogP contribution in [0.2, 0.25) is 5.02 Å². The molecule has 4 nitrogen and oxygen atoms in total. The fourth-order valence-corrected chi connectivity index (χ4v) is 2.80. The molecule has 0 spiro atoms. The monoisotopic (exact) mass is 304 g/mol.